The van der Waals surface area contributed by atoms with E-state index in [0.29, 0.717) is 5.56 Å². The number of cyclic esters (lactones) is 1. The van der Waals surface area contributed by atoms with E-state index in [0.717, 1.165) is 10.5 Å². The lowest BCUT2D eigenvalue weighted by atomic mass is 10.0. The van der Waals surface area contributed by atoms with Crippen LogP contribution in [0.1, 0.15) is 23.3 Å². The zero-order valence-corrected chi connectivity index (χ0v) is 14.3. The van der Waals surface area contributed by atoms with Gasteiger partial charge < -0.3 is 9.84 Å². The van der Waals surface area contributed by atoms with Crippen LogP contribution in [0, 0.1) is 0 Å². The standard InChI is InChI=1S/C18H16BrNO4/c19-15(16(21)13-9-5-2-6-10-13)17(22)20-14(11-24-18(20)23)12-7-3-1-4-8-12/h1-10,14-16,21H,11H2/t14-,15+,16+/m0/s1. The van der Waals surface area contributed by atoms with Crippen molar-refractivity contribution in [3.63, 3.8) is 0 Å². The fourth-order valence-corrected chi connectivity index (χ4v) is 3.20. The summed E-state index contributed by atoms with van der Waals surface area (Å²) in [7, 11) is 0. The fraction of sp³-hybridized carbons (Fsp3) is 0.222. The molecule has 1 heterocycles. The number of carbonyl (C=O) groups is 2. The summed E-state index contributed by atoms with van der Waals surface area (Å²) in [4.78, 5) is 24.9. The Kier molecular flexibility index (Phi) is 4.97. The number of alkyl halides is 1. The highest BCUT2D eigenvalue weighted by molar-refractivity contribution is 9.10. The maximum absolute atomic E-state index is 12.8. The summed E-state index contributed by atoms with van der Waals surface area (Å²) in [6.45, 7) is 0.107. The smallest absolute Gasteiger partial charge is 0.417 e. The SMILES string of the molecule is O=C1OC[C@@H](c2ccccc2)N1C(=O)[C@H](Br)[C@H](O)c1ccccc1. The summed E-state index contributed by atoms with van der Waals surface area (Å²) in [6.07, 6.45) is -1.76. The molecule has 2 amide bonds. The molecular weight excluding hydrogens is 374 g/mol. The van der Waals surface area contributed by atoms with Gasteiger partial charge in [0.1, 0.15) is 23.6 Å². The molecule has 1 N–H and O–H groups in total. The van der Waals surface area contributed by atoms with E-state index < -0.39 is 29.0 Å². The van der Waals surface area contributed by atoms with Crippen molar-refractivity contribution in [2.45, 2.75) is 17.0 Å². The van der Waals surface area contributed by atoms with Gasteiger partial charge in [0.25, 0.3) is 0 Å². The van der Waals surface area contributed by atoms with Crippen molar-refractivity contribution >= 4 is 27.9 Å². The molecule has 0 unspecified atom stereocenters. The van der Waals surface area contributed by atoms with E-state index >= 15 is 0 Å². The first-order valence-corrected chi connectivity index (χ1v) is 8.43. The molecule has 2 aromatic rings. The number of hydrogen-bond acceptors (Lipinski definition) is 4. The van der Waals surface area contributed by atoms with Gasteiger partial charge in [-0.2, -0.15) is 0 Å². The summed E-state index contributed by atoms with van der Waals surface area (Å²) in [5.74, 6) is -0.525. The van der Waals surface area contributed by atoms with Gasteiger partial charge in [0.05, 0.1) is 0 Å². The van der Waals surface area contributed by atoms with Crippen LogP contribution in [0.5, 0.6) is 0 Å². The maximum atomic E-state index is 12.8. The van der Waals surface area contributed by atoms with E-state index in [1.807, 2.05) is 36.4 Å². The second kappa shape index (κ2) is 7.15. The molecule has 3 atom stereocenters. The first-order chi connectivity index (χ1) is 11.6. The second-order valence-corrected chi connectivity index (χ2v) is 6.46. The molecule has 0 spiro atoms. The minimum atomic E-state index is -1.07. The first-order valence-electron chi connectivity index (χ1n) is 7.51. The van der Waals surface area contributed by atoms with Crippen molar-refractivity contribution in [3.8, 4) is 0 Å². The largest absolute Gasteiger partial charge is 0.446 e. The Labute approximate surface area is 148 Å². The number of ether oxygens (including phenoxy) is 1. The number of halogens is 1. The molecule has 0 aromatic heterocycles. The van der Waals surface area contributed by atoms with E-state index in [2.05, 4.69) is 15.9 Å². The third-order valence-corrected chi connectivity index (χ3v) is 4.84. The Morgan fingerprint density at radius 2 is 1.71 bits per heavy atom. The van der Waals surface area contributed by atoms with Gasteiger partial charge in [-0.05, 0) is 11.1 Å². The quantitative estimate of drug-likeness (QED) is 0.815. The lowest BCUT2D eigenvalue weighted by Gasteiger charge is -2.25. The minimum Gasteiger partial charge on any atom is -0.446 e. The Hall–Kier alpha value is -2.18. The molecule has 6 heteroatoms. The number of rotatable bonds is 4. The first kappa shape index (κ1) is 16.7. The van der Waals surface area contributed by atoms with E-state index in [-0.39, 0.29) is 6.61 Å². The van der Waals surface area contributed by atoms with E-state index in [9.17, 15) is 14.7 Å². The van der Waals surface area contributed by atoms with Crippen LogP contribution in [0.3, 0.4) is 0 Å². The van der Waals surface area contributed by atoms with Gasteiger partial charge in [0.2, 0.25) is 5.91 Å². The van der Waals surface area contributed by atoms with Crippen LogP contribution in [0.2, 0.25) is 0 Å². The van der Waals surface area contributed by atoms with E-state index in [1.54, 1.807) is 24.3 Å². The van der Waals surface area contributed by atoms with Gasteiger partial charge in [-0.15, -0.1) is 0 Å². The molecule has 0 bridgehead atoms. The number of aliphatic hydroxyl groups excluding tert-OH is 1. The lowest BCUT2D eigenvalue weighted by molar-refractivity contribution is -0.130. The fourth-order valence-electron chi connectivity index (χ4n) is 2.67. The molecule has 24 heavy (non-hydrogen) atoms. The lowest BCUT2D eigenvalue weighted by Crippen LogP contribution is -2.41. The molecule has 1 fully saturated rings. The molecule has 2 aromatic carbocycles. The van der Waals surface area contributed by atoms with Crippen molar-refractivity contribution in [1.82, 2.24) is 4.90 Å². The Morgan fingerprint density at radius 3 is 2.33 bits per heavy atom. The predicted octanol–water partition coefficient (Wildman–Crippen LogP) is 3.20. The van der Waals surface area contributed by atoms with Crippen molar-refractivity contribution in [2.24, 2.45) is 0 Å². The number of hydrogen-bond donors (Lipinski definition) is 1. The number of benzene rings is 2. The molecule has 3 rings (SSSR count). The van der Waals surface area contributed by atoms with Crippen molar-refractivity contribution in [2.75, 3.05) is 6.61 Å². The van der Waals surface area contributed by atoms with Gasteiger partial charge >= 0.3 is 6.09 Å². The normalized spacial score (nSPS) is 19.7. The number of nitrogens with zero attached hydrogens (tertiary/aromatic N) is 1. The van der Waals surface area contributed by atoms with Crippen LogP contribution in [0.15, 0.2) is 60.7 Å². The summed E-state index contributed by atoms with van der Waals surface area (Å²) < 4.78 is 5.05. The van der Waals surface area contributed by atoms with Crippen LogP contribution in [-0.4, -0.2) is 33.4 Å². The minimum absolute atomic E-state index is 0.107. The Bertz CT molecular complexity index is 722. The molecule has 0 saturated carbocycles. The van der Waals surface area contributed by atoms with Gasteiger partial charge in [-0.3, -0.25) is 4.79 Å². The highest BCUT2D eigenvalue weighted by atomic mass is 79.9. The summed E-state index contributed by atoms with van der Waals surface area (Å²) in [5.41, 5.74) is 1.40. The van der Waals surface area contributed by atoms with E-state index in [4.69, 9.17) is 4.74 Å². The summed E-state index contributed by atoms with van der Waals surface area (Å²) >= 11 is 3.23. The van der Waals surface area contributed by atoms with E-state index in [1.165, 1.54) is 0 Å². The van der Waals surface area contributed by atoms with Gasteiger partial charge in [0.15, 0.2) is 0 Å². The third-order valence-electron chi connectivity index (χ3n) is 3.95. The van der Waals surface area contributed by atoms with Crippen LogP contribution < -0.4 is 0 Å². The molecule has 1 aliphatic rings. The van der Waals surface area contributed by atoms with Crippen molar-refractivity contribution in [3.05, 3.63) is 71.8 Å². The highest BCUT2D eigenvalue weighted by Gasteiger charge is 2.42. The van der Waals surface area contributed by atoms with Gasteiger partial charge in [-0.1, -0.05) is 76.6 Å². The van der Waals surface area contributed by atoms with Crippen LogP contribution in [0.4, 0.5) is 4.79 Å². The zero-order valence-electron chi connectivity index (χ0n) is 12.7. The molecule has 124 valence electrons. The van der Waals surface area contributed by atoms with Gasteiger partial charge in [0, 0.05) is 0 Å². The molecule has 5 nitrogen and oxygen atoms in total. The van der Waals surface area contributed by atoms with Gasteiger partial charge in [-0.25, -0.2) is 9.69 Å². The molecule has 0 aliphatic carbocycles. The highest BCUT2D eigenvalue weighted by Crippen LogP contribution is 2.32. The van der Waals surface area contributed by atoms with Crippen molar-refractivity contribution < 1.29 is 19.4 Å². The van der Waals surface area contributed by atoms with Crippen LogP contribution >= 0.6 is 15.9 Å². The maximum Gasteiger partial charge on any atom is 0.417 e. The summed E-state index contributed by atoms with van der Waals surface area (Å²) in [6, 6.07) is 17.6. The molecule has 1 aliphatic heterocycles. The Morgan fingerprint density at radius 1 is 1.12 bits per heavy atom. The average Bonchev–Trinajstić information content (AvgIpc) is 3.03. The zero-order chi connectivity index (χ0) is 17.1. The third kappa shape index (κ3) is 3.20. The predicted molar refractivity (Wildman–Crippen MR) is 91.5 cm³/mol. The second-order valence-electron chi connectivity index (χ2n) is 5.47. The molecule has 0 radical (unpaired) electrons. The van der Waals surface area contributed by atoms with Crippen LogP contribution in [-0.2, 0) is 9.53 Å². The Balaban J connectivity index is 1.83. The monoisotopic (exact) mass is 389 g/mol. The number of aliphatic hydroxyl groups is 1. The number of imide groups is 1. The number of amides is 2. The number of carbonyl (C=O) groups excluding carboxylic acids is 2. The topological polar surface area (TPSA) is 66.8 Å². The molecular formula is C18H16BrNO4. The van der Waals surface area contributed by atoms with Crippen LogP contribution in [0.25, 0.3) is 0 Å². The summed E-state index contributed by atoms with van der Waals surface area (Å²) in [5, 5.41) is 10.4. The molecule has 1 saturated heterocycles. The van der Waals surface area contributed by atoms with Crippen molar-refractivity contribution in [1.29, 1.82) is 0 Å². The average molecular weight is 390 g/mol.